The molecule has 0 radical (unpaired) electrons. The van der Waals surface area contributed by atoms with Gasteiger partial charge in [-0.1, -0.05) is 12.1 Å². The first-order chi connectivity index (χ1) is 9.51. The summed E-state index contributed by atoms with van der Waals surface area (Å²) in [5.74, 6) is 1.46. The van der Waals surface area contributed by atoms with Crippen molar-refractivity contribution in [3.63, 3.8) is 0 Å². The van der Waals surface area contributed by atoms with E-state index in [0.717, 1.165) is 44.1 Å². The first-order valence-electron chi connectivity index (χ1n) is 7.01. The van der Waals surface area contributed by atoms with Gasteiger partial charge in [0.05, 0.1) is 20.0 Å². The Morgan fingerprint density at radius 1 is 1.35 bits per heavy atom. The Labute approximate surface area is 121 Å². The predicted molar refractivity (Wildman–Crippen MR) is 78.7 cm³/mol. The summed E-state index contributed by atoms with van der Waals surface area (Å²) in [7, 11) is -1.61. The van der Waals surface area contributed by atoms with E-state index in [1.807, 2.05) is 12.1 Å². The van der Waals surface area contributed by atoms with Crippen molar-refractivity contribution >= 4 is 10.1 Å². The second-order valence-electron chi connectivity index (χ2n) is 5.29. The number of benzene rings is 1. The van der Waals surface area contributed by atoms with E-state index in [1.165, 1.54) is 11.1 Å². The van der Waals surface area contributed by atoms with Crippen LogP contribution in [-0.4, -0.2) is 28.4 Å². The highest BCUT2D eigenvalue weighted by molar-refractivity contribution is 7.85. The third kappa shape index (κ3) is 3.96. The molecule has 0 spiro atoms. The van der Waals surface area contributed by atoms with Crippen molar-refractivity contribution in [3.05, 3.63) is 29.3 Å². The number of hydrogen-bond donors (Lipinski definition) is 0. The van der Waals surface area contributed by atoms with Gasteiger partial charge in [-0.05, 0) is 55.2 Å². The van der Waals surface area contributed by atoms with Crippen LogP contribution in [0.2, 0.25) is 0 Å². The summed E-state index contributed by atoms with van der Waals surface area (Å²) in [6.07, 6.45) is 6.18. The molecule has 112 valence electrons. The third-order valence-corrected chi connectivity index (χ3v) is 4.40. The number of rotatable bonds is 6. The van der Waals surface area contributed by atoms with Crippen LogP contribution >= 0.6 is 0 Å². The molecule has 0 aliphatic heterocycles. The molecule has 0 saturated carbocycles. The molecule has 0 N–H and O–H groups in total. The zero-order valence-electron chi connectivity index (χ0n) is 12.1. The third-order valence-electron chi connectivity index (χ3n) is 3.80. The highest BCUT2D eigenvalue weighted by atomic mass is 32.2. The number of fused-ring (bicyclic) bond motifs is 1. The molecule has 0 amide bonds. The lowest BCUT2D eigenvalue weighted by atomic mass is 9.80. The molecule has 0 bridgehead atoms. The molecule has 2 rings (SSSR count). The highest BCUT2D eigenvalue weighted by Gasteiger charge is 2.22. The van der Waals surface area contributed by atoms with Crippen LogP contribution < -0.4 is 4.74 Å². The molecule has 20 heavy (non-hydrogen) atoms. The Morgan fingerprint density at radius 3 is 2.85 bits per heavy atom. The Morgan fingerprint density at radius 2 is 2.15 bits per heavy atom. The van der Waals surface area contributed by atoms with E-state index in [0.29, 0.717) is 5.92 Å². The molecule has 0 fully saturated rings. The SMILES string of the molecule is COc1cccc2c1CCC[C@H]2CCCOS(C)(=O)=O. The summed E-state index contributed by atoms with van der Waals surface area (Å²) in [4.78, 5) is 0. The minimum Gasteiger partial charge on any atom is -0.496 e. The Kier molecular flexibility index (Phi) is 5.05. The summed E-state index contributed by atoms with van der Waals surface area (Å²) >= 11 is 0. The largest absolute Gasteiger partial charge is 0.496 e. The van der Waals surface area contributed by atoms with Gasteiger partial charge >= 0.3 is 0 Å². The molecular formula is C15H22O4S. The lowest BCUT2D eigenvalue weighted by Gasteiger charge is -2.26. The average Bonchev–Trinajstić information content (AvgIpc) is 2.42. The molecule has 5 heteroatoms. The first-order valence-corrected chi connectivity index (χ1v) is 8.83. The normalized spacial score (nSPS) is 18.6. The fourth-order valence-electron chi connectivity index (χ4n) is 2.94. The fourth-order valence-corrected chi connectivity index (χ4v) is 3.37. The fraction of sp³-hybridized carbons (Fsp3) is 0.600. The Balaban J connectivity index is 1.98. The van der Waals surface area contributed by atoms with Crippen molar-refractivity contribution < 1.29 is 17.3 Å². The van der Waals surface area contributed by atoms with Crippen LogP contribution in [0.1, 0.15) is 42.7 Å². The maximum atomic E-state index is 10.9. The van der Waals surface area contributed by atoms with Crippen LogP contribution in [-0.2, 0) is 20.7 Å². The minimum atomic E-state index is -3.32. The Hall–Kier alpha value is -1.07. The average molecular weight is 298 g/mol. The molecule has 0 saturated heterocycles. The van der Waals surface area contributed by atoms with Gasteiger partial charge in [-0.25, -0.2) is 0 Å². The van der Waals surface area contributed by atoms with Gasteiger partial charge in [0, 0.05) is 0 Å². The summed E-state index contributed by atoms with van der Waals surface area (Å²) < 4.78 is 32.1. The second-order valence-corrected chi connectivity index (χ2v) is 6.93. The van der Waals surface area contributed by atoms with Crippen molar-refractivity contribution in [2.75, 3.05) is 20.0 Å². The van der Waals surface area contributed by atoms with E-state index in [9.17, 15) is 8.42 Å². The zero-order valence-corrected chi connectivity index (χ0v) is 12.9. The maximum absolute atomic E-state index is 10.9. The van der Waals surface area contributed by atoms with E-state index in [1.54, 1.807) is 7.11 Å². The summed E-state index contributed by atoms with van der Waals surface area (Å²) in [6.45, 7) is 0.272. The van der Waals surface area contributed by atoms with Gasteiger partial charge in [0.1, 0.15) is 5.75 Å². The van der Waals surface area contributed by atoms with E-state index < -0.39 is 10.1 Å². The molecule has 0 heterocycles. The number of hydrogen-bond acceptors (Lipinski definition) is 4. The molecule has 1 aliphatic rings. The molecule has 4 nitrogen and oxygen atoms in total. The van der Waals surface area contributed by atoms with Crippen LogP contribution in [0.5, 0.6) is 5.75 Å². The van der Waals surface area contributed by atoms with Crippen LogP contribution in [0.15, 0.2) is 18.2 Å². The second kappa shape index (κ2) is 6.59. The maximum Gasteiger partial charge on any atom is 0.264 e. The van der Waals surface area contributed by atoms with Gasteiger partial charge in [0.2, 0.25) is 0 Å². The standard InChI is InChI=1S/C15H22O4S/c1-18-15-10-4-8-13-12(6-3-9-14(13)15)7-5-11-19-20(2,16)17/h4,8,10,12H,3,5-7,9,11H2,1-2H3/t12-/m0/s1. The Bertz CT molecular complexity index is 551. The molecule has 1 atom stereocenters. The number of methoxy groups -OCH3 is 1. The van der Waals surface area contributed by atoms with Gasteiger partial charge in [0.15, 0.2) is 0 Å². The van der Waals surface area contributed by atoms with Crippen LogP contribution in [0.4, 0.5) is 0 Å². The van der Waals surface area contributed by atoms with Crippen molar-refractivity contribution in [3.8, 4) is 5.75 Å². The molecule has 1 aliphatic carbocycles. The van der Waals surface area contributed by atoms with E-state index in [2.05, 4.69) is 6.07 Å². The van der Waals surface area contributed by atoms with Gasteiger partial charge < -0.3 is 4.74 Å². The topological polar surface area (TPSA) is 52.6 Å². The summed E-state index contributed by atoms with van der Waals surface area (Å²) in [6, 6.07) is 6.20. The molecule has 1 aromatic carbocycles. The summed E-state index contributed by atoms with van der Waals surface area (Å²) in [5, 5.41) is 0. The lowest BCUT2D eigenvalue weighted by molar-refractivity contribution is 0.303. The van der Waals surface area contributed by atoms with Crippen molar-refractivity contribution in [2.24, 2.45) is 0 Å². The molecule has 0 aromatic heterocycles. The lowest BCUT2D eigenvalue weighted by Crippen LogP contribution is -2.12. The van der Waals surface area contributed by atoms with Crippen LogP contribution in [0.3, 0.4) is 0 Å². The van der Waals surface area contributed by atoms with Crippen molar-refractivity contribution in [2.45, 2.75) is 38.0 Å². The molecular weight excluding hydrogens is 276 g/mol. The monoisotopic (exact) mass is 298 g/mol. The first kappa shape index (κ1) is 15.3. The summed E-state index contributed by atoms with van der Waals surface area (Å²) in [5.41, 5.74) is 2.67. The van der Waals surface area contributed by atoms with Crippen molar-refractivity contribution in [1.29, 1.82) is 0 Å². The smallest absolute Gasteiger partial charge is 0.264 e. The number of ether oxygens (including phenoxy) is 1. The van der Waals surface area contributed by atoms with E-state index in [-0.39, 0.29) is 6.61 Å². The van der Waals surface area contributed by atoms with E-state index in [4.69, 9.17) is 8.92 Å². The van der Waals surface area contributed by atoms with Gasteiger partial charge in [-0.3, -0.25) is 4.18 Å². The van der Waals surface area contributed by atoms with E-state index >= 15 is 0 Å². The molecule has 1 aromatic rings. The quantitative estimate of drug-likeness (QED) is 0.598. The van der Waals surface area contributed by atoms with Gasteiger partial charge in [-0.15, -0.1) is 0 Å². The van der Waals surface area contributed by atoms with Gasteiger partial charge in [-0.2, -0.15) is 8.42 Å². The zero-order chi connectivity index (χ0) is 14.6. The predicted octanol–water partition coefficient (Wildman–Crippen LogP) is 2.87. The van der Waals surface area contributed by atoms with Crippen LogP contribution in [0, 0.1) is 0 Å². The minimum absolute atomic E-state index is 0.272. The van der Waals surface area contributed by atoms with Crippen molar-refractivity contribution in [1.82, 2.24) is 0 Å². The van der Waals surface area contributed by atoms with Crippen LogP contribution in [0.25, 0.3) is 0 Å². The highest BCUT2D eigenvalue weighted by Crippen LogP contribution is 2.38. The molecule has 0 unspecified atom stereocenters. The van der Waals surface area contributed by atoms with Gasteiger partial charge in [0.25, 0.3) is 10.1 Å².